The maximum absolute atomic E-state index is 12.8. The number of non-ortho nitro benzene ring substituents is 1. The monoisotopic (exact) mass is 365 g/mol. The van der Waals surface area contributed by atoms with Gasteiger partial charge in [0.1, 0.15) is 5.54 Å². The van der Waals surface area contributed by atoms with E-state index in [-0.39, 0.29) is 11.5 Å². The number of hydrogen-bond acceptors (Lipinski definition) is 7. The van der Waals surface area contributed by atoms with Crippen LogP contribution in [0.3, 0.4) is 0 Å². The van der Waals surface area contributed by atoms with E-state index in [4.69, 9.17) is 4.74 Å². The summed E-state index contributed by atoms with van der Waals surface area (Å²) in [7, 11) is 1.44. The minimum atomic E-state index is -1.52. The van der Waals surface area contributed by atoms with Crippen LogP contribution >= 0.6 is 0 Å². The smallest absolute Gasteiger partial charge is 0.332 e. The molecule has 1 fully saturated rings. The van der Waals surface area contributed by atoms with E-state index in [0.717, 1.165) is 18.2 Å². The molecule has 0 aliphatic carbocycles. The SMILES string of the molecule is CC(C)CC1(C)C(=O)OC(c2ccc([N+](=O)[O-])cc2[N+](=O)[O-])C(=O)N1C. The number of rotatable bonds is 5. The standard InChI is InChI=1S/C16H19N3O7/c1-9(2)8-16(3)15(21)26-13(14(20)17(16)4)11-6-5-10(18(22)23)7-12(11)19(24)25/h5-7,9,13H,8H2,1-4H3. The summed E-state index contributed by atoms with van der Waals surface area (Å²) in [5.74, 6) is -1.19. The molecule has 2 atom stereocenters. The third-order valence-electron chi connectivity index (χ3n) is 4.47. The van der Waals surface area contributed by atoms with Gasteiger partial charge in [-0.05, 0) is 25.3 Å². The van der Waals surface area contributed by atoms with Crippen molar-refractivity contribution in [3.63, 3.8) is 0 Å². The molecule has 26 heavy (non-hydrogen) atoms. The number of nitro groups is 2. The Morgan fingerprint density at radius 1 is 1.23 bits per heavy atom. The number of likely N-dealkylation sites (N-methyl/N-ethyl adjacent to an activating group) is 1. The van der Waals surface area contributed by atoms with Crippen LogP contribution < -0.4 is 0 Å². The second-order valence-electron chi connectivity index (χ2n) is 6.81. The van der Waals surface area contributed by atoms with Gasteiger partial charge < -0.3 is 9.64 Å². The minimum absolute atomic E-state index is 0.105. The number of cyclic esters (lactones) is 1. The molecule has 1 heterocycles. The molecular formula is C16H19N3O7. The largest absolute Gasteiger partial charge is 0.445 e. The van der Waals surface area contributed by atoms with Gasteiger partial charge in [-0.15, -0.1) is 0 Å². The topological polar surface area (TPSA) is 133 Å². The zero-order valence-electron chi connectivity index (χ0n) is 14.8. The zero-order chi connectivity index (χ0) is 19.8. The highest BCUT2D eigenvalue weighted by atomic mass is 16.6. The maximum atomic E-state index is 12.8. The number of amides is 1. The van der Waals surface area contributed by atoms with Crippen molar-refractivity contribution < 1.29 is 24.2 Å². The molecule has 0 aromatic heterocycles. The number of nitrogens with zero attached hydrogens (tertiary/aromatic N) is 3. The molecule has 1 aromatic carbocycles. The summed E-state index contributed by atoms with van der Waals surface area (Å²) in [6.45, 7) is 5.36. The van der Waals surface area contributed by atoms with Crippen molar-refractivity contribution in [1.82, 2.24) is 4.90 Å². The lowest BCUT2D eigenvalue weighted by Crippen LogP contribution is -2.60. The third-order valence-corrected chi connectivity index (χ3v) is 4.47. The van der Waals surface area contributed by atoms with Crippen LogP contribution in [0.4, 0.5) is 11.4 Å². The Morgan fingerprint density at radius 3 is 2.35 bits per heavy atom. The van der Waals surface area contributed by atoms with Gasteiger partial charge in [0, 0.05) is 13.1 Å². The predicted octanol–water partition coefficient (Wildman–Crippen LogP) is 2.36. The van der Waals surface area contributed by atoms with Gasteiger partial charge >= 0.3 is 5.97 Å². The molecule has 1 aromatic rings. The van der Waals surface area contributed by atoms with Crippen molar-refractivity contribution in [3.8, 4) is 0 Å². The van der Waals surface area contributed by atoms with E-state index in [9.17, 15) is 29.8 Å². The predicted molar refractivity (Wildman–Crippen MR) is 89.2 cm³/mol. The Morgan fingerprint density at radius 2 is 1.85 bits per heavy atom. The van der Waals surface area contributed by atoms with E-state index in [1.165, 1.54) is 11.9 Å². The Hall–Kier alpha value is -3.04. The highest BCUT2D eigenvalue weighted by Gasteiger charge is 2.51. The van der Waals surface area contributed by atoms with Gasteiger partial charge in [0.25, 0.3) is 17.3 Å². The van der Waals surface area contributed by atoms with Crippen LogP contribution in [-0.4, -0.2) is 39.2 Å². The summed E-state index contributed by atoms with van der Waals surface area (Å²) in [6.07, 6.45) is -1.16. The number of benzene rings is 1. The number of ether oxygens (including phenoxy) is 1. The summed E-state index contributed by atoms with van der Waals surface area (Å²) in [6, 6.07) is 2.86. The Labute approximate surface area is 149 Å². The van der Waals surface area contributed by atoms with Crippen molar-refractivity contribution in [2.45, 2.75) is 38.8 Å². The molecule has 10 nitrogen and oxygen atoms in total. The molecule has 2 rings (SSSR count). The lowest BCUT2D eigenvalue weighted by Gasteiger charge is -2.43. The molecular weight excluding hydrogens is 346 g/mol. The van der Waals surface area contributed by atoms with Crippen LogP contribution in [0.2, 0.25) is 0 Å². The number of carbonyl (C=O) groups excluding carboxylic acids is 2. The summed E-state index contributed by atoms with van der Waals surface area (Å²) in [5, 5.41) is 22.1. The molecule has 1 aliphatic heterocycles. The maximum Gasteiger partial charge on any atom is 0.332 e. The second-order valence-corrected chi connectivity index (χ2v) is 6.81. The lowest BCUT2D eigenvalue weighted by atomic mass is 9.86. The molecule has 10 heteroatoms. The van der Waals surface area contributed by atoms with Gasteiger partial charge in [-0.3, -0.25) is 25.0 Å². The zero-order valence-corrected chi connectivity index (χ0v) is 14.8. The van der Waals surface area contributed by atoms with Crippen molar-refractivity contribution in [2.75, 3.05) is 7.05 Å². The van der Waals surface area contributed by atoms with Gasteiger partial charge in [0.2, 0.25) is 6.10 Å². The lowest BCUT2D eigenvalue weighted by molar-refractivity contribution is -0.394. The van der Waals surface area contributed by atoms with Crippen LogP contribution in [0.5, 0.6) is 0 Å². The first kappa shape index (κ1) is 19.3. The fourth-order valence-corrected chi connectivity index (χ4v) is 3.08. The average Bonchev–Trinajstić information content (AvgIpc) is 2.55. The molecule has 0 bridgehead atoms. The van der Waals surface area contributed by atoms with E-state index in [1.54, 1.807) is 6.92 Å². The second kappa shape index (κ2) is 6.70. The van der Waals surface area contributed by atoms with Crippen LogP contribution in [0.25, 0.3) is 0 Å². The van der Waals surface area contributed by atoms with Crippen LogP contribution in [0.1, 0.15) is 38.9 Å². The van der Waals surface area contributed by atoms with Crippen molar-refractivity contribution >= 4 is 23.3 Å². The molecule has 0 saturated carbocycles. The Balaban J connectivity index is 2.48. The van der Waals surface area contributed by atoms with Crippen molar-refractivity contribution in [3.05, 3.63) is 44.0 Å². The van der Waals surface area contributed by atoms with Crippen LogP contribution in [-0.2, 0) is 14.3 Å². The summed E-state index contributed by atoms with van der Waals surface area (Å²) < 4.78 is 5.26. The first-order valence-electron chi connectivity index (χ1n) is 7.90. The van der Waals surface area contributed by atoms with Gasteiger partial charge in [-0.25, -0.2) is 4.79 Å². The fraction of sp³-hybridized carbons (Fsp3) is 0.500. The molecule has 1 aliphatic rings. The van der Waals surface area contributed by atoms with Crippen molar-refractivity contribution in [1.29, 1.82) is 0 Å². The highest BCUT2D eigenvalue weighted by molar-refractivity contribution is 5.96. The minimum Gasteiger partial charge on any atom is -0.445 e. The summed E-state index contributed by atoms with van der Waals surface area (Å²) in [5.41, 5.74) is -2.52. The molecule has 1 amide bonds. The first-order valence-corrected chi connectivity index (χ1v) is 7.90. The first-order chi connectivity index (χ1) is 12.0. The molecule has 0 spiro atoms. The number of morpholine rings is 1. The Bertz CT molecular complexity index is 792. The highest BCUT2D eigenvalue weighted by Crippen LogP contribution is 2.39. The quantitative estimate of drug-likeness (QED) is 0.444. The van der Waals surface area contributed by atoms with Crippen molar-refractivity contribution in [2.24, 2.45) is 5.92 Å². The number of carbonyl (C=O) groups is 2. The van der Waals surface area contributed by atoms with E-state index >= 15 is 0 Å². The van der Waals surface area contributed by atoms with E-state index in [0.29, 0.717) is 6.42 Å². The Kier molecular flexibility index (Phi) is 4.97. The van der Waals surface area contributed by atoms with E-state index in [1.807, 2.05) is 13.8 Å². The number of nitro benzene ring substituents is 2. The third kappa shape index (κ3) is 3.22. The fourth-order valence-electron chi connectivity index (χ4n) is 3.08. The normalized spacial score (nSPS) is 23.1. The van der Waals surface area contributed by atoms with Gasteiger partial charge in [0.15, 0.2) is 0 Å². The number of esters is 1. The summed E-state index contributed by atoms with van der Waals surface area (Å²) >= 11 is 0. The van der Waals surface area contributed by atoms with Gasteiger partial charge in [-0.2, -0.15) is 0 Å². The van der Waals surface area contributed by atoms with Crippen LogP contribution in [0.15, 0.2) is 18.2 Å². The van der Waals surface area contributed by atoms with Gasteiger partial charge in [-0.1, -0.05) is 13.8 Å². The number of hydrogen-bond donors (Lipinski definition) is 0. The molecule has 0 N–H and O–H groups in total. The van der Waals surface area contributed by atoms with Crippen LogP contribution in [0, 0.1) is 26.1 Å². The van der Waals surface area contributed by atoms with E-state index < -0.39 is 44.7 Å². The average molecular weight is 365 g/mol. The van der Waals surface area contributed by atoms with Gasteiger partial charge in [0.05, 0.1) is 21.5 Å². The molecule has 0 radical (unpaired) electrons. The van der Waals surface area contributed by atoms with E-state index in [2.05, 4.69) is 0 Å². The molecule has 2 unspecified atom stereocenters. The molecule has 140 valence electrons. The summed E-state index contributed by atoms with van der Waals surface area (Å²) in [4.78, 5) is 47.1. The molecule has 1 saturated heterocycles.